The Balaban J connectivity index is 1.79. The maximum atomic E-state index is 12.4. The summed E-state index contributed by atoms with van der Waals surface area (Å²) in [4.78, 5) is 31.8. The molecule has 0 fully saturated rings. The standard InChI is InChI=1S/C17H17N3O2S/c1-12-7-8-23-15(12)9-19(2)16(21)10-20-11-18-14-6-4-3-5-13(14)17(20)22/h3-8,11H,9-10H2,1-2H3. The number of thiophene rings is 1. The summed E-state index contributed by atoms with van der Waals surface area (Å²) in [6.45, 7) is 2.58. The van der Waals surface area contributed by atoms with Gasteiger partial charge in [-0.1, -0.05) is 12.1 Å². The fourth-order valence-corrected chi connectivity index (χ4v) is 3.31. The van der Waals surface area contributed by atoms with Gasteiger partial charge in [-0.25, -0.2) is 4.98 Å². The summed E-state index contributed by atoms with van der Waals surface area (Å²) < 4.78 is 1.36. The van der Waals surface area contributed by atoms with E-state index in [-0.39, 0.29) is 18.0 Å². The summed E-state index contributed by atoms with van der Waals surface area (Å²) >= 11 is 1.63. The molecule has 1 aromatic carbocycles. The minimum atomic E-state index is -0.190. The van der Waals surface area contributed by atoms with Gasteiger partial charge in [0.25, 0.3) is 5.56 Å². The molecule has 5 nitrogen and oxygen atoms in total. The fourth-order valence-electron chi connectivity index (χ4n) is 2.35. The molecular formula is C17H17N3O2S. The van der Waals surface area contributed by atoms with Crippen molar-refractivity contribution in [1.82, 2.24) is 14.5 Å². The van der Waals surface area contributed by atoms with Gasteiger partial charge in [0.2, 0.25) is 5.91 Å². The molecule has 0 bridgehead atoms. The van der Waals surface area contributed by atoms with Crippen LogP contribution in [-0.2, 0) is 17.9 Å². The highest BCUT2D eigenvalue weighted by Crippen LogP contribution is 2.17. The number of amides is 1. The molecule has 0 aliphatic heterocycles. The van der Waals surface area contributed by atoms with Gasteiger partial charge in [-0.05, 0) is 36.1 Å². The summed E-state index contributed by atoms with van der Waals surface area (Å²) in [7, 11) is 1.75. The number of hydrogen-bond acceptors (Lipinski definition) is 4. The van der Waals surface area contributed by atoms with Crippen LogP contribution in [0.4, 0.5) is 0 Å². The zero-order valence-electron chi connectivity index (χ0n) is 13.0. The lowest BCUT2D eigenvalue weighted by atomic mass is 10.2. The van der Waals surface area contributed by atoms with Crippen LogP contribution in [0.15, 0.2) is 46.8 Å². The van der Waals surface area contributed by atoms with Crippen LogP contribution in [0.1, 0.15) is 10.4 Å². The molecule has 0 aliphatic carbocycles. The van der Waals surface area contributed by atoms with Gasteiger partial charge in [-0.15, -0.1) is 11.3 Å². The number of benzene rings is 1. The van der Waals surface area contributed by atoms with Gasteiger partial charge in [0, 0.05) is 11.9 Å². The first kappa shape index (κ1) is 15.4. The average molecular weight is 327 g/mol. The minimum absolute atomic E-state index is 0.00239. The van der Waals surface area contributed by atoms with E-state index in [2.05, 4.69) is 4.98 Å². The zero-order chi connectivity index (χ0) is 16.4. The number of likely N-dealkylation sites (N-methyl/N-ethyl adjacent to an activating group) is 1. The number of aryl methyl sites for hydroxylation is 1. The Labute approximate surface area is 137 Å². The minimum Gasteiger partial charge on any atom is -0.339 e. The Kier molecular flexibility index (Phi) is 4.25. The third kappa shape index (κ3) is 3.17. The number of aromatic nitrogens is 2. The van der Waals surface area contributed by atoms with E-state index in [0.717, 1.165) is 4.88 Å². The summed E-state index contributed by atoms with van der Waals surface area (Å²) in [6, 6.07) is 9.18. The van der Waals surface area contributed by atoms with Gasteiger partial charge in [0.1, 0.15) is 6.54 Å². The van der Waals surface area contributed by atoms with E-state index in [1.54, 1.807) is 41.5 Å². The monoisotopic (exact) mass is 327 g/mol. The average Bonchev–Trinajstić information content (AvgIpc) is 2.95. The van der Waals surface area contributed by atoms with Gasteiger partial charge in [0.15, 0.2) is 0 Å². The van der Waals surface area contributed by atoms with Gasteiger partial charge in [-0.3, -0.25) is 14.2 Å². The predicted molar refractivity (Wildman–Crippen MR) is 91.5 cm³/mol. The van der Waals surface area contributed by atoms with E-state index >= 15 is 0 Å². The molecule has 3 rings (SSSR count). The topological polar surface area (TPSA) is 55.2 Å². The molecule has 0 radical (unpaired) electrons. The molecule has 23 heavy (non-hydrogen) atoms. The van der Waals surface area contributed by atoms with Crippen LogP contribution < -0.4 is 5.56 Å². The van der Waals surface area contributed by atoms with Crippen molar-refractivity contribution in [2.75, 3.05) is 7.05 Å². The highest BCUT2D eigenvalue weighted by molar-refractivity contribution is 7.10. The van der Waals surface area contributed by atoms with Gasteiger partial charge < -0.3 is 4.90 Å². The van der Waals surface area contributed by atoms with Gasteiger partial charge >= 0.3 is 0 Å². The van der Waals surface area contributed by atoms with Crippen molar-refractivity contribution in [2.24, 2.45) is 0 Å². The van der Waals surface area contributed by atoms with Gasteiger partial charge in [0.05, 0.1) is 23.8 Å². The van der Waals surface area contributed by atoms with E-state index in [9.17, 15) is 9.59 Å². The van der Waals surface area contributed by atoms with E-state index in [1.165, 1.54) is 16.5 Å². The van der Waals surface area contributed by atoms with Crippen LogP contribution in [0.3, 0.4) is 0 Å². The highest BCUT2D eigenvalue weighted by atomic mass is 32.1. The largest absolute Gasteiger partial charge is 0.339 e. The van der Waals surface area contributed by atoms with Crippen LogP contribution in [0.5, 0.6) is 0 Å². The first-order valence-corrected chi connectivity index (χ1v) is 8.15. The Morgan fingerprint density at radius 2 is 2.09 bits per heavy atom. The molecule has 0 unspecified atom stereocenters. The third-order valence-electron chi connectivity index (χ3n) is 3.81. The first-order valence-electron chi connectivity index (χ1n) is 7.27. The molecule has 0 aliphatic rings. The number of carbonyl (C=O) groups is 1. The number of nitrogens with zero attached hydrogens (tertiary/aromatic N) is 3. The lowest BCUT2D eigenvalue weighted by Gasteiger charge is -2.17. The lowest BCUT2D eigenvalue weighted by molar-refractivity contribution is -0.131. The molecule has 0 N–H and O–H groups in total. The van der Waals surface area contributed by atoms with Crippen molar-refractivity contribution in [2.45, 2.75) is 20.0 Å². The van der Waals surface area contributed by atoms with Crippen LogP contribution >= 0.6 is 11.3 Å². The second-order valence-corrected chi connectivity index (χ2v) is 6.47. The second kappa shape index (κ2) is 6.34. The molecule has 6 heteroatoms. The molecule has 2 aromatic heterocycles. The van der Waals surface area contributed by atoms with Crippen LogP contribution in [0.25, 0.3) is 10.9 Å². The predicted octanol–water partition coefficient (Wildman–Crippen LogP) is 2.43. The summed E-state index contributed by atoms with van der Waals surface area (Å²) in [5.41, 5.74) is 1.63. The van der Waals surface area contributed by atoms with Crippen molar-refractivity contribution >= 4 is 28.1 Å². The molecule has 0 atom stereocenters. The maximum Gasteiger partial charge on any atom is 0.261 e. The van der Waals surface area contributed by atoms with Crippen LogP contribution in [0, 0.1) is 6.92 Å². The molecule has 0 saturated carbocycles. The van der Waals surface area contributed by atoms with Gasteiger partial charge in [-0.2, -0.15) is 0 Å². The SMILES string of the molecule is Cc1ccsc1CN(C)C(=O)Cn1cnc2ccccc2c1=O. The number of carbonyl (C=O) groups excluding carboxylic acids is 1. The summed E-state index contributed by atoms with van der Waals surface area (Å²) in [6.07, 6.45) is 1.44. The second-order valence-electron chi connectivity index (χ2n) is 5.47. The van der Waals surface area contributed by atoms with E-state index in [4.69, 9.17) is 0 Å². The van der Waals surface area contributed by atoms with E-state index in [1.807, 2.05) is 24.4 Å². The van der Waals surface area contributed by atoms with Crippen molar-refractivity contribution < 1.29 is 4.79 Å². The summed E-state index contributed by atoms with van der Waals surface area (Å²) in [5, 5.41) is 2.54. The van der Waals surface area contributed by atoms with Crippen molar-refractivity contribution in [1.29, 1.82) is 0 Å². The lowest BCUT2D eigenvalue weighted by Crippen LogP contribution is -2.33. The number of fused-ring (bicyclic) bond motifs is 1. The van der Waals surface area contributed by atoms with E-state index in [0.29, 0.717) is 17.4 Å². The Hall–Kier alpha value is -2.47. The molecule has 2 heterocycles. The van der Waals surface area contributed by atoms with Crippen LogP contribution in [-0.4, -0.2) is 27.4 Å². The third-order valence-corrected chi connectivity index (χ3v) is 4.82. The fraction of sp³-hybridized carbons (Fsp3) is 0.235. The first-order chi connectivity index (χ1) is 11.1. The van der Waals surface area contributed by atoms with Crippen molar-refractivity contribution in [3.8, 4) is 0 Å². The number of para-hydroxylation sites is 1. The molecule has 3 aromatic rings. The Bertz CT molecular complexity index is 913. The van der Waals surface area contributed by atoms with Crippen LogP contribution in [0.2, 0.25) is 0 Å². The smallest absolute Gasteiger partial charge is 0.261 e. The molecular weight excluding hydrogens is 310 g/mol. The zero-order valence-corrected chi connectivity index (χ0v) is 13.8. The molecule has 0 spiro atoms. The molecule has 118 valence electrons. The van der Waals surface area contributed by atoms with E-state index < -0.39 is 0 Å². The number of rotatable bonds is 4. The normalized spacial score (nSPS) is 10.9. The van der Waals surface area contributed by atoms with Crippen molar-refractivity contribution in [3.05, 3.63) is 62.8 Å². The van der Waals surface area contributed by atoms with Crippen molar-refractivity contribution in [3.63, 3.8) is 0 Å². The molecule has 0 saturated heterocycles. The Morgan fingerprint density at radius 3 is 2.83 bits per heavy atom. The number of hydrogen-bond donors (Lipinski definition) is 0. The summed E-state index contributed by atoms with van der Waals surface area (Å²) in [5.74, 6) is -0.114. The quantitative estimate of drug-likeness (QED) is 0.739. The highest BCUT2D eigenvalue weighted by Gasteiger charge is 2.13. The maximum absolute atomic E-state index is 12.4. The Morgan fingerprint density at radius 1 is 1.30 bits per heavy atom. The molecule has 1 amide bonds.